The monoisotopic (exact) mass is 315 g/mol. The second kappa shape index (κ2) is 7.13. The molecule has 0 radical (unpaired) electrons. The molecular weight excluding hydrogens is 294 g/mol. The van der Waals surface area contributed by atoms with Gasteiger partial charge in [-0.15, -0.1) is 0 Å². The first kappa shape index (κ1) is 16.8. The maximum Gasteiger partial charge on any atom is 0.355 e. The van der Waals surface area contributed by atoms with Crippen molar-refractivity contribution < 1.29 is 19.1 Å². The molecule has 5 heteroatoms. The summed E-state index contributed by atoms with van der Waals surface area (Å²) in [4.78, 5) is 24.4. The normalized spacial score (nSPS) is 10.4. The molecule has 0 N–H and O–H groups in total. The van der Waals surface area contributed by atoms with Gasteiger partial charge in [-0.25, -0.2) is 9.59 Å². The van der Waals surface area contributed by atoms with E-state index < -0.39 is 11.9 Å². The lowest BCUT2D eigenvalue weighted by Gasteiger charge is -2.11. The van der Waals surface area contributed by atoms with E-state index in [1.54, 1.807) is 25.3 Å². The zero-order valence-electron chi connectivity index (χ0n) is 13.9. The fourth-order valence-corrected chi connectivity index (χ4v) is 2.40. The summed E-state index contributed by atoms with van der Waals surface area (Å²) >= 11 is 0. The van der Waals surface area contributed by atoms with Gasteiger partial charge in [-0.2, -0.15) is 0 Å². The second-order valence-electron chi connectivity index (χ2n) is 5.14. The summed E-state index contributed by atoms with van der Waals surface area (Å²) in [6.45, 7) is 7.82. The first-order chi connectivity index (χ1) is 11.0. The molecule has 0 atom stereocenters. The summed E-state index contributed by atoms with van der Waals surface area (Å²) in [5.74, 6) is -0.909. The van der Waals surface area contributed by atoms with Crippen molar-refractivity contribution >= 4 is 11.9 Å². The van der Waals surface area contributed by atoms with Gasteiger partial charge in [0.05, 0.1) is 18.8 Å². The molecule has 0 aliphatic rings. The van der Waals surface area contributed by atoms with E-state index in [9.17, 15) is 9.59 Å². The molecule has 0 unspecified atom stereocenters. The topological polar surface area (TPSA) is 57.5 Å². The van der Waals surface area contributed by atoms with E-state index in [1.165, 1.54) is 6.07 Å². The highest BCUT2D eigenvalue weighted by molar-refractivity contribution is 5.97. The number of carbonyl (C=O) groups excluding carboxylic acids is 2. The van der Waals surface area contributed by atoms with Crippen molar-refractivity contribution in [1.82, 2.24) is 4.57 Å². The molecular formula is C18H21NO4. The highest BCUT2D eigenvalue weighted by atomic mass is 16.5. The lowest BCUT2D eigenvalue weighted by atomic mass is 10.2. The van der Waals surface area contributed by atoms with Crippen molar-refractivity contribution in [3.63, 3.8) is 0 Å². The molecule has 122 valence electrons. The van der Waals surface area contributed by atoms with Crippen molar-refractivity contribution in [2.24, 2.45) is 0 Å². The fourth-order valence-electron chi connectivity index (χ4n) is 2.40. The van der Waals surface area contributed by atoms with Gasteiger partial charge in [0.2, 0.25) is 0 Å². The van der Waals surface area contributed by atoms with E-state index in [2.05, 4.69) is 0 Å². The van der Waals surface area contributed by atoms with Gasteiger partial charge >= 0.3 is 11.9 Å². The Kier molecular flexibility index (Phi) is 5.21. The minimum atomic E-state index is -0.466. The van der Waals surface area contributed by atoms with Crippen LogP contribution in [0.15, 0.2) is 30.3 Å². The minimum Gasteiger partial charge on any atom is -0.462 e. The van der Waals surface area contributed by atoms with Crippen LogP contribution >= 0.6 is 0 Å². The van der Waals surface area contributed by atoms with E-state index >= 15 is 0 Å². The predicted octanol–water partition coefficient (Wildman–Crippen LogP) is 3.45. The summed E-state index contributed by atoms with van der Waals surface area (Å²) in [7, 11) is 0. The highest BCUT2D eigenvalue weighted by Gasteiger charge is 2.24. The average molecular weight is 315 g/mol. The molecule has 0 spiro atoms. The minimum absolute atomic E-state index is 0.270. The lowest BCUT2D eigenvalue weighted by Crippen LogP contribution is -2.12. The van der Waals surface area contributed by atoms with Gasteiger partial charge in [-0.1, -0.05) is 17.7 Å². The Morgan fingerprint density at radius 3 is 2.09 bits per heavy atom. The van der Waals surface area contributed by atoms with Crippen molar-refractivity contribution in [2.75, 3.05) is 13.2 Å². The van der Waals surface area contributed by atoms with Crippen LogP contribution in [0.5, 0.6) is 0 Å². The summed E-state index contributed by atoms with van der Waals surface area (Å²) in [6, 6.07) is 9.24. The van der Waals surface area contributed by atoms with Crippen molar-refractivity contribution in [3.05, 3.63) is 52.8 Å². The Balaban J connectivity index is 2.59. The number of rotatable bonds is 5. The van der Waals surface area contributed by atoms with E-state index in [1.807, 2.05) is 31.2 Å². The molecule has 0 aliphatic heterocycles. The third-order valence-electron chi connectivity index (χ3n) is 3.52. The third-order valence-corrected chi connectivity index (χ3v) is 3.52. The maximum atomic E-state index is 12.3. The third kappa shape index (κ3) is 3.44. The predicted molar refractivity (Wildman–Crippen MR) is 87.2 cm³/mol. The molecule has 2 rings (SSSR count). The molecule has 1 aromatic heterocycles. The van der Waals surface area contributed by atoms with Crippen LogP contribution in [0.3, 0.4) is 0 Å². The SMILES string of the molecule is CCOC(=O)c1cc(C(=O)OCC)n(-c2ccc(C)cc2)c1C. The van der Waals surface area contributed by atoms with Crippen LogP contribution in [0.1, 0.15) is 46.0 Å². The Hall–Kier alpha value is -2.56. The zero-order valence-corrected chi connectivity index (χ0v) is 13.9. The Morgan fingerprint density at radius 1 is 0.957 bits per heavy atom. The van der Waals surface area contributed by atoms with E-state index in [0.717, 1.165) is 11.3 Å². The molecule has 0 fully saturated rings. The van der Waals surface area contributed by atoms with Gasteiger partial charge in [0.25, 0.3) is 0 Å². The summed E-state index contributed by atoms with van der Waals surface area (Å²) < 4.78 is 11.9. The molecule has 23 heavy (non-hydrogen) atoms. The van der Waals surface area contributed by atoms with Gasteiger partial charge in [-0.05, 0) is 45.9 Å². The molecule has 2 aromatic rings. The first-order valence-electron chi connectivity index (χ1n) is 7.63. The number of hydrogen-bond donors (Lipinski definition) is 0. The fraction of sp³-hybridized carbons (Fsp3) is 0.333. The van der Waals surface area contributed by atoms with Gasteiger partial charge in [0.15, 0.2) is 0 Å². The number of nitrogens with zero attached hydrogens (tertiary/aromatic N) is 1. The van der Waals surface area contributed by atoms with Gasteiger partial charge in [0.1, 0.15) is 5.69 Å². The van der Waals surface area contributed by atoms with E-state index in [0.29, 0.717) is 17.0 Å². The Morgan fingerprint density at radius 2 is 1.52 bits per heavy atom. The van der Waals surface area contributed by atoms with Crippen LogP contribution in [0.25, 0.3) is 5.69 Å². The molecule has 0 aliphatic carbocycles. The van der Waals surface area contributed by atoms with Crippen LogP contribution in [0.4, 0.5) is 0 Å². The van der Waals surface area contributed by atoms with Crippen molar-refractivity contribution in [1.29, 1.82) is 0 Å². The second-order valence-corrected chi connectivity index (χ2v) is 5.14. The lowest BCUT2D eigenvalue weighted by molar-refractivity contribution is 0.0515. The van der Waals surface area contributed by atoms with Crippen LogP contribution in [0.2, 0.25) is 0 Å². The van der Waals surface area contributed by atoms with Crippen LogP contribution < -0.4 is 0 Å². The Bertz CT molecular complexity index is 713. The quantitative estimate of drug-likeness (QED) is 0.793. The number of esters is 2. The van der Waals surface area contributed by atoms with E-state index in [-0.39, 0.29) is 13.2 Å². The number of aromatic nitrogens is 1. The number of aryl methyl sites for hydroxylation is 1. The maximum absolute atomic E-state index is 12.3. The summed E-state index contributed by atoms with van der Waals surface area (Å²) in [5.41, 5.74) is 3.25. The summed E-state index contributed by atoms with van der Waals surface area (Å²) in [5, 5.41) is 0. The molecule has 0 saturated carbocycles. The number of carbonyl (C=O) groups is 2. The first-order valence-corrected chi connectivity index (χ1v) is 7.63. The van der Waals surface area contributed by atoms with Crippen LogP contribution in [-0.4, -0.2) is 29.7 Å². The molecule has 0 saturated heterocycles. The van der Waals surface area contributed by atoms with E-state index in [4.69, 9.17) is 9.47 Å². The van der Waals surface area contributed by atoms with Crippen molar-refractivity contribution in [2.45, 2.75) is 27.7 Å². The Labute approximate surface area is 135 Å². The number of ether oxygens (including phenoxy) is 2. The van der Waals surface area contributed by atoms with Gasteiger partial charge in [0, 0.05) is 11.4 Å². The highest BCUT2D eigenvalue weighted by Crippen LogP contribution is 2.23. The van der Waals surface area contributed by atoms with Crippen molar-refractivity contribution in [3.8, 4) is 5.69 Å². The molecule has 0 amide bonds. The number of benzene rings is 1. The smallest absolute Gasteiger partial charge is 0.355 e. The molecule has 1 heterocycles. The molecule has 1 aromatic carbocycles. The zero-order chi connectivity index (χ0) is 17.0. The largest absolute Gasteiger partial charge is 0.462 e. The average Bonchev–Trinajstić information content (AvgIpc) is 2.86. The molecule has 5 nitrogen and oxygen atoms in total. The van der Waals surface area contributed by atoms with Gasteiger partial charge in [-0.3, -0.25) is 0 Å². The van der Waals surface area contributed by atoms with Crippen LogP contribution in [-0.2, 0) is 9.47 Å². The van der Waals surface area contributed by atoms with Gasteiger partial charge < -0.3 is 14.0 Å². The summed E-state index contributed by atoms with van der Waals surface area (Å²) in [6.07, 6.45) is 0. The standard InChI is InChI=1S/C18H21NO4/c1-5-22-17(20)15-11-16(18(21)23-6-2)19(13(15)4)14-9-7-12(3)8-10-14/h7-11H,5-6H2,1-4H3. The van der Waals surface area contributed by atoms with Crippen LogP contribution in [0, 0.1) is 13.8 Å². The number of hydrogen-bond acceptors (Lipinski definition) is 4. The molecule has 0 bridgehead atoms.